The molecule has 0 radical (unpaired) electrons. The van der Waals surface area contributed by atoms with Gasteiger partial charge in [-0.15, -0.1) is 0 Å². The molecule has 0 saturated carbocycles. The van der Waals surface area contributed by atoms with Gasteiger partial charge in [0.05, 0.1) is 26.4 Å². The van der Waals surface area contributed by atoms with Gasteiger partial charge in [-0.3, -0.25) is 32.5 Å². The topological polar surface area (TPSA) is 231 Å². The summed E-state index contributed by atoms with van der Waals surface area (Å²) in [4.78, 5) is 59.1. The molecule has 0 aromatic rings. The van der Waals surface area contributed by atoms with Gasteiger partial charge in [-0.25, -0.2) is 9.13 Å². The van der Waals surface area contributed by atoms with E-state index >= 15 is 0 Å². The SMILES string of the molecule is CC/C=C\C/C=C\C/C=C\C/C=C\C/C=C\C/C=C\CCCCCCCCCCCCCCC(=O)OCC(COP(=O)(O)OCC(O)COP(=O)(O)OCC(O)COC(=O)CCCCCCCCCCCCCCCCCCCCC/C=C\C/C=C\C/C=C\C/C=C\CCCCC)OC(=O)CCCC/C=C\C/C=C\C/C=C\C/C=C\C/C=C\C/C=C\CC. The van der Waals surface area contributed by atoms with Crippen LogP contribution in [0.5, 0.6) is 0 Å². The number of aliphatic hydroxyl groups is 2. The number of esters is 3. The highest BCUT2D eigenvalue weighted by molar-refractivity contribution is 7.47. The van der Waals surface area contributed by atoms with E-state index in [0.29, 0.717) is 25.7 Å². The van der Waals surface area contributed by atoms with Crippen LogP contribution in [0.4, 0.5) is 0 Å². The van der Waals surface area contributed by atoms with Crippen molar-refractivity contribution in [2.45, 2.75) is 411 Å². The van der Waals surface area contributed by atoms with Crippen molar-refractivity contribution in [3.05, 3.63) is 194 Å². The maximum atomic E-state index is 13.1. The van der Waals surface area contributed by atoms with Gasteiger partial charge >= 0.3 is 33.6 Å². The maximum absolute atomic E-state index is 13.1. The van der Waals surface area contributed by atoms with Gasteiger partial charge in [0, 0.05) is 19.3 Å². The third-order valence-electron chi connectivity index (χ3n) is 20.3. The van der Waals surface area contributed by atoms with Crippen LogP contribution in [0.3, 0.4) is 0 Å². The number of aliphatic hydroxyl groups excluding tert-OH is 2. The minimum Gasteiger partial charge on any atom is -0.463 e. The zero-order valence-corrected chi connectivity index (χ0v) is 79.3. The molecule has 0 aromatic carbocycles. The summed E-state index contributed by atoms with van der Waals surface area (Å²) < 4.78 is 61.5. The fourth-order valence-corrected chi connectivity index (χ4v) is 14.6. The lowest BCUT2D eigenvalue weighted by atomic mass is 10.0. The summed E-state index contributed by atoms with van der Waals surface area (Å²) in [5.74, 6) is -1.63. The highest BCUT2D eigenvalue weighted by atomic mass is 31.2. The number of ether oxygens (including phenoxy) is 3. The Morgan fingerprint density at radius 3 is 0.699 bits per heavy atom. The van der Waals surface area contributed by atoms with Crippen LogP contribution in [0, 0.1) is 0 Å². The number of hydrogen-bond acceptors (Lipinski definition) is 14. The molecule has 0 fully saturated rings. The Balaban J connectivity index is 4.57. The van der Waals surface area contributed by atoms with Crippen molar-refractivity contribution in [2.75, 3.05) is 39.6 Å². The molecule has 0 aliphatic heterocycles. The predicted octanol–water partition coefficient (Wildman–Crippen LogP) is 30.6. The first-order valence-electron chi connectivity index (χ1n) is 48.7. The van der Waals surface area contributed by atoms with Crippen LogP contribution in [0.1, 0.15) is 393 Å². The molecular formula is C105H176O16P2. The fourth-order valence-electron chi connectivity index (χ4n) is 13.0. The van der Waals surface area contributed by atoms with Crippen molar-refractivity contribution in [1.82, 2.24) is 0 Å². The van der Waals surface area contributed by atoms with Gasteiger partial charge in [-0.1, -0.05) is 401 Å². The van der Waals surface area contributed by atoms with Crippen LogP contribution in [-0.2, 0) is 55.8 Å². The third-order valence-corrected chi connectivity index (χ3v) is 22.2. The second-order valence-electron chi connectivity index (χ2n) is 32.1. The van der Waals surface area contributed by atoms with Crippen LogP contribution in [0.2, 0.25) is 0 Å². The Kier molecular flexibility index (Phi) is 91.1. The summed E-state index contributed by atoms with van der Waals surface area (Å²) in [6, 6.07) is 0. The number of allylic oxidation sites excluding steroid dienone is 32. The number of unbranched alkanes of at least 4 members (excludes halogenated alkanes) is 36. The van der Waals surface area contributed by atoms with E-state index in [1.807, 2.05) is 0 Å². The molecular weight excluding hydrogens is 1580 g/mol. The predicted molar refractivity (Wildman–Crippen MR) is 518 cm³/mol. The van der Waals surface area contributed by atoms with E-state index in [4.69, 9.17) is 32.3 Å². The molecule has 16 nitrogen and oxygen atoms in total. The van der Waals surface area contributed by atoms with Gasteiger partial charge in [0.1, 0.15) is 25.4 Å². The lowest BCUT2D eigenvalue weighted by Gasteiger charge is -2.21. The first-order chi connectivity index (χ1) is 60.2. The zero-order valence-electron chi connectivity index (χ0n) is 77.5. The largest absolute Gasteiger partial charge is 0.472 e. The molecule has 0 aliphatic carbocycles. The van der Waals surface area contributed by atoms with Crippen molar-refractivity contribution in [3.8, 4) is 0 Å². The minimum atomic E-state index is -4.96. The lowest BCUT2D eigenvalue weighted by Crippen LogP contribution is -2.30. The van der Waals surface area contributed by atoms with Crippen LogP contribution in [0.25, 0.3) is 0 Å². The molecule has 0 aliphatic rings. The minimum absolute atomic E-state index is 0.0432. The van der Waals surface area contributed by atoms with E-state index in [1.165, 1.54) is 173 Å². The Morgan fingerprint density at radius 1 is 0.236 bits per heavy atom. The molecule has 702 valence electrons. The van der Waals surface area contributed by atoms with Gasteiger partial charge in [0.15, 0.2) is 6.10 Å². The van der Waals surface area contributed by atoms with Gasteiger partial charge in [0.2, 0.25) is 0 Å². The number of carbonyl (C=O) groups excluding carboxylic acids is 3. The van der Waals surface area contributed by atoms with Crippen molar-refractivity contribution < 1.29 is 75.8 Å². The molecule has 0 aromatic heterocycles. The Hall–Kier alpha value is -5.61. The average Bonchev–Trinajstić information content (AvgIpc) is 0.892. The molecule has 123 heavy (non-hydrogen) atoms. The number of carbonyl (C=O) groups is 3. The fraction of sp³-hybridized carbons (Fsp3) is 0.667. The molecule has 5 unspecified atom stereocenters. The summed E-state index contributed by atoms with van der Waals surface area (Å²) in [6.07, 6.45) is 128. The summed E-state index contributed by atoms with van der Waals surface area (Å²) >= 11 is 0. The van der Waals surface area contributed by atoms with Crippen molar-refractivity contribution in [3.63, 3.8) is 0 Å². The summed E-state index contributed by atoms with van der Waals surface area (Å²) in [5.41, 5.74) is 0. The Morgan fingerprint density at radius 2 is 0.431 bits per heavy atom. The molecule has 0 bridgehead atoms. The maximum Gasteiger partial charge on any atom is 0.472 e. The van der Waals surface area contributed by atoms with E-state index in [-0.39, 0.29) is 19.3 Å². The normalized spacial score (nSPS) is 14.6. The van der Waals surface area contributed by atoms with E-state index in [2.05, 4.69) is 215 Å². The van der Waals surface area contributed by atoms with E-state index in [0.717, 1.165) is 154 Å². The number of phosphoric acid groups is 2. The molecule has 0 saturated heterocycles. The van der Waals surface area contributed by atoms with Crippen molar-refractivity contribution in [1.29, 1.82) is 0 Å². The second kappa shape index (κ2) is 95.5. The average molecular weight is 1760 g/mol. The molecule has 0 heterocycles. The quantitative estimate of drug-likeness (QED) is 0.0146. The second-order valence-corrected chi connectivity index (χ2v) is 35.0. The first kappa shape index (κ1) is 117. The van der Waals surface area contributed by atoms with Crippen LogP contribution >= 0.6 is 15.6 Å². The van der Waals surface area contributed by atoms with Crippen molar-refractivity contribution >= 4 is 33.6 Å². The number of hydrogen-bond donors (Lipinski definition) is 4. The lowest BCUT2D eigenvalue weighted by molar-refractivity contribution is -0.161. The van der Waals surface area contributed by atoms with Crippen LogP contribution < -0.4 is 0 Å². The summed E-state index contributed by atoms with van der Waals surface area (Å²) in [7, 11) is -9.83. The molecule has 5 atom stereocenters. The standard InChI is InChI=1S/C105H176O16P2/c1-4-7-10-13-16-19-22-25-28-31-34-37-39-41-43-45-47-48-49-50-52-54-55-57-59-62-64-67-70-73-76-79-82-85-88-91-103(108)115-94-100(106)95-117-122(111,112)118-96-101(107)97-119-123(113,114)120-99-102(121-105(110)93-90-87-84-81-78-75-72-69-66-61-36-33-30-27-24-21-18-15-12-9-6-3)98-116-104(109)92-89-86-83-80-77-74-71-68-65-63-60-58-56-53-51-46-44-42-40-38-35-32-29-26-23-20-17-14-11-8-5-2/h8-9,11-12,16-21,25-30,34-38,41-44,51,53,61,69,72,78,81,100-102,106-107H,4-7,10,13-15,22-24,31-33,39-40,45-50,52,54-60,62-68,70-71,73-77,79-80,82-99H2,1-3H3,(H,111,112)(H,113,114)/b11-8-,12-9-,19-16-,20-17-,21-18-,28-25-,29-26-,30-27-,37-34-,38-35-,43-41-,44-42-,53-51-,61-36-,72-69-,81-78-. The molecule has 0 spiro atoms. The number of rotatable bonds is 91. The Bertz CT molecular complexity index is 3020. The molecule has 0 amide bonds. The zero-order chi connectivity index (χ0) is 89.3. The van der Waals surface area contributed by atoms with Crippen molar-refractivity contribution in [2.24, 2.45) is 0 Å². The van der Waals surface area contributed by atoms with Crippen LogP contribution in [0.15, 0.2) is 194 Å². The smallest absolute Gasteiger partial charge is 0.463 e. The van der Waals surface area contributed by atoms with E-state index in [9.17, 15) is 43.5 Å². The van der Waals surface area contributed by atoms with Gasteiger partial charge < -0.3 is 34.2 Å². The monoisotopic (exact) mass is 1760 g/mol. The van der Waals surface area contributed by atoms with E-state index in [1.54, 1.807) is 0 Å². The van der Waals surface area contributed by atoms with Crippen LogP contribution in [-0.4, -0.2) is 95.9 Å². The first-order valence-corrected chi connectivity index (χ1v) is 51.7. The highest BCUT2D eigenvalue weighted by Gasteiger charge is 2.30. The van der Waals surface area contributed by atoms with E-state index < -0.39 is 91.5 Å². The molecule has 4 N–H and O–H groups in total. The molecule has 0 rings (SSSR count). The third kappa shape index (κ3) is 96.9. The molecule has 18 heteroatoms. The summed E-state index contributed by atoms with van der Waals surface area (Å²) in [5, 5.41) is 20.8. The number of phosphoric ester groups is 2. The van der Waals surface area contributed by atoms with Gasteiger partial charge in [0.25, 0.3) is 0 Å². The van der Waals surface area contributed by atoms with Gasteiger partial charge in [-0.2, -0.15) is 0 Å². The highest BCUT2D eigenvalue weighted by Crippen LogP contribution is 2.45. The summed E-state index contributed by atoms with van der Waals surface area (Å²) in [6.45, 7) is 2.41. The Labute approximate surface area is 750 Å². The van der Waals surface area contributed by atoms with Gasteiger partial charge in [-0.05, 0) is 167 Å².